The number of rotatable bonds is 3. The molecule has 1 saturated carbocycles. The number of anilines is 1. The molecular weight excluding hydrogens is 256 g/mol. The van der Waals surface area contributed by atoms with Gasteiger partial charge in [-0.25, -0.2) is 9.59 Å². The van der Waals surface area contributed by atoms with Crippen molar-refractivity contribution in [3.8, 4) is 0 Å². The van der Waals surface area contributed by atoms with Crippen molar-refractivity contribution < 1.29 is 14.7 Å². The average Bonchev–Trinajstić information content (AvgIpc) is 2.30. The van der Waals surface area contributed by atoms with Crippen molar-refractivity contribution in [1.82, 2.24) is 5.32 Å². The second-order valence-electron chi connectivity index (χ2n) is 5.80. The van der Waals surface area contributed by atoms with Crippen molar-refractivity contribution in [1.29, 1.82) is 0 Å². The summed E-state index contributed by atoms with van der Waals surface area (Å²) >= 11 is 0. The zero-order valence-electron chi connectivity index (χ0n) is 12.0. The summed E-state index contributed by atoms with van der Waals surface area (Å²) in [7, 11) is 0. The average molecular weight is 276 g/mol. The summed E-state index contributed by atoms with van der Waals surface area (Å²) in [5, 5.41) is 14.8. The van der Waals surface area contributed by atoms with Crippen LogP contribution in [0.1, 0.15) is 47.7 Å². The maximum Gasteiger partial charge on any atom is 0.337 e. The summed E-state index contributed by atoms with van der Waals surface area (Å²) in [5.41, 5.74) is 1.93. The minimum atomic E-state index is -1.04. The van der Waals surface area contributed by atoms with Gasteiger partial charge >= 0.3 is 12.0 Å². The first-order valence-corrected chi connectivity index (χ1v) is 6.74. The molecule has 0 saturated heterocycles. The fourth-order valence-electron chi connectivity index (χ4n) is 2.55. The quantitative estimate of drug-likeness (QED) is 0.794. The minimum Gasteiger partial charge on any atom is -0.478 e. The molecule has 5 heteroatoms. The Morgan fingerprint density at radius 2 is 1.90 bits per heavy atom. The van der Waals surface area contributed by atoms with Crippen LogP contribution in [-0.4, -0.2) is 22.6 Å². The molecule has 1 aromatic rings. The topological polar surface area (TPSA) is 78.4 Å². The van der Waals surface area contributed by atoms with Gasteiger partial charge in [0.25, 0.3) is 0 Å². The van der Waals surface area contributed by atoms with Gasteiger partial charge in [0.15, 0.2) is 0 Å². The maximum absolute atomic E-state index is 12.0. The number of carboxylic acids is 1. The van der Waals surface area contributed by atoms with E-state index in [4.69, 9.17) is 0 Å². The van der Waals surface area contributed by atoms with Crippen molar-refractivity contribution in [3.05, 3.63) is 28.8 Å². The van der Waals surface area contributed by atoms with Crippen LogP contribution in [0.4, 0.5) is 10.5 Å². The molecule has 1 aliphatic rings. The SMILES string of the molecule is Cc1cc(C)c(NC(=O)NC2(C)CCC2)c(C(=O)O)c1. The highest BCUT2D eigenvalue weighted by Gasteiger charge is 2.33. The summed E-state index contributed by atoms with van der Waals surface area (Å²) in [5.74, 6) is -1.04. The number of aromatic carboxylic acids is 1. The van der Waals surface area contributed by atoms with Gasteiger partial charge < -0.3 is 15.7 Å². The lowest BCUT2D eigenvalue weighted by Gasteiger charge is -2.39. The van der Waals surface area contributed by atoms with E-state index in [0.29, 0.717) is 5.69 Å². The zero-order chi connectivity index (χ0) is 14.9. The standard InChI is InChI=1S/C15H20N2O3/c1-9-7-10(2)12(11(8-9)13(18)19)16-14(20)17-15(3)5-4-6-15/h7-8H,4-6H2,1-3H3,(H,18,19)(H2,16,17,20). The van der Waals surface area contributed by atoms with E-state index in [2.05, 4.69) is 10.6 Å². The Hall–Kier alpha value is -2.04. The first kappa shape index (κ1) is 14.4. The van der Waals surface area contributed by atoms with Crippen LogP contribution in [0, 0.1) is 13.8 Å². The molecule has 0 aliphatic heterocycles. The number of aryl methyl sites for hydroxylation is 2. The van der Waals surface area contributed by atoms with Gasteiger partial charge in [0.1, 0.15) is 0 Å². The predicted molar refractivity (Wildman–Crippen MR) is 77.3 cm³/mol. The van der Waals surface area contributed by atoms with Crippen LogP contribution in [0.2, 0.25) is 0 Å². The lowest BCUT2D eigenvalue weighted by atomic mass is 9.79. The number of hydrogen-bond donors (Lipinski definition) is 3. The van der Waals surface area contributed by atoms with Gasteiger partial charge in [-0.05, 0) is 57.2 Å². The van der Waals surface area contributed by atoms with Gasteiger partial charge in [0, 0.05) is 5.54 Å². The molecule has 20 heavy (non-hydrogen) atoms. The van der Waals surface area contributed by atoms with Crippen LogP contribution in [0.15, 0.2) is 12.1 Å². The van der Waals surface area contributed by atoms with E-state index in [1.807, 2.05) is 19.9 Å². The van der Waals surface area contributed by atoms with Crippen LogP contribution in [0.3, 0.4) is 0 Å². The second kappa shape index (κ2) is 5.15. The molecule has 0 spiro atoms. The van der Waals surface area contributed by atoms with Crippen LogP contribution >= 0.6 is 0 Å². The van der Waals surface area contributed by atoms with Crippen LogP contribution in [-0.2, 0) is 0 Å². The molecule has 0 heterocycles. The minimum absolute atomic E-state index is 0.122. The Morgan fingerprint density at radius 1 is 1.25 bits per heavy atom. The van der Waals surface area contributed by atoms with Crippen molar-refractivity contribution >= 4 is 17.7 Å². The summed E-state index contributed by atoms with van der Waals surface area (Å²) in [6.45, 7) is 5.62. The second-order valence-corrected chi connectivity index (χ2v) is 5.80. The summed E-state index contributed by atoms with van der Waals surface area (Å²) in [6.07, 6.45) is 3.03. The molecule has 108 valence electrons. The van der Waals surface area contributed by atoms with Crippen molar-refractivity contribution in [3.63, 3.8) is 0 Å². The van der Waals surface area contributed by atoms with Crippen LogP contribution in [0.5, 0.6) is 0 Å². The third-order valence-corrected chi connectivity index (χ3v) is 3.82. The highest BCUT2D eigenvalue weighted by atomic mass is 16.4. The van der Waals surface area contributed by atoms with Crippen molar-refractivity contribution in [2.24, 2.45) is 0 Å². The first-order chi connectivity index (χ1) is 9.31. The molecule has 2 amide bonds. The van der Waals surface area contributed by atoms with E-state index >= 15 is 0 Å². The lowest BCUT2D eigenvalue weighted by Crippen LogP contribution is -2.52. The highest BCUT2D eigenvalue weighted by Crippen LogP contribution is 2.31. The largest absolute Gasteiger partial charge is 0.478 e. The van der Waals surface area contributed by atoms with Crippen LogP contribution < -0.4 is 10.6 Å². The Morgan fingerprint density at radius 3 is 2.40 bits per heavy atom. The maximum atomic E-state index is 12.0. The number of carbonyl (C=O) groups is 2. The van der Waals surface area contributed by atoms with E-state index in [1.165, 1.54) is 0 Å². The summed E-state index contributed by atoms with van der Waals surface area (Å²) in [6, 6.07) is 3.07. The molecule has 2 rings (SSSR count). The lowest BCUT2D eigenvalue weighted by molar-refractivity contribution is 0.0698. The van der Waals surface area contributed by atoms with Gasteiger partial charge in [-0.1, -0.05) is 6.07 Å². The monoisotopic (exact) mass is 276 g/mol. The number of amides is 2. The Labute approximate surface area is 118 Å². The van der Waals surface area contributed by atoms with Gasteiger partial charge in [0.05, 0.1) is 11.3 Å². The first-order valence-electron chi connectivity index (χ1n) is 6.74. The van der Waals surface area contributed by atoms with Crippen molar-refractivity contribution in [2.45, 2.75) is 45.6 Å². The van der Waals surface area contributed by atoms with E-state index < -0.39 is 5.97 Å². The molecule has 0 radical (unpaired) electrons. The molecule has 0 atom stereocenters. The van der Waals surface area contributed by atoms with Gasteiger partial charge in [-0.15, -0.1) is 0 Å². The highest BCUT2D eigenvalue weighted by molar-refractivity contribution is 6.01. The van der Waals surface area contributed by atoms with E-state index in [1.54, 1.807) is 13.0 Å². The summed E-state index contributed by atoms with van der Waals surface area (Å²) in [4.78, 5) is 23.3. The Bertz CT molecular complexity index is 562. The fourth-order valence-corrected chi connectivity index (χ4v) is 2.55. The molecule has 1 fully saturated rings. The van der Waals surface area contributed by atoms with E-state index in [0.717, 1.165) is 30.4 Å². The number of carbonyl (C=O) groups excluding carboxylic acids is 1. The Balaban J connectivity index is 2.20. The van der Waals surface area contributed by atoms with E-state index in [-0.39, 0.29) is 17.1 Å². The normalized spacial score (nSPS) is 16.1. The number of hydrogen-bond acceptors (Lipinski definition) is 2. The van der Waals surface area contributed by atoms with Crippen LogP contribution in [0.25, 0.3) is 0 Å². The smallest absolute Gasteiger partial charge is 0.337 e. The molecule has 0 aromatic heterocycles. The fraction of sp³-hybridized carbons (Fsp3) is 0.467. The predicted octanol–water partition coefficient (Wildman–Crippen LogP) is 3.07. The Kier molecular flexibility index (Phi) is 3.70. The number of carboxylic acid groups (broad SMARTS) is 1. The number of urea groups is 1. The summed E-state index contributed by atoms with van der Waals surface area (Å²) < 4.78 is 0. The van der Waals surface area contributed by atoms with E-state index in [9.17, 15) is 14.7 Å². The number of nitrogens with one attached hydrogen (secondary N) is 2. The molecule has 3 N–H and O–H groups in total. The third kappa shape index (κ3) is 2.92. The number of benzene rings is 1. The zero-order valence-corrected chi connectivity index (χ0v) is 12.0. The molecule has 0 unspecified atom stereocenters. The van der Waals surface area contributed by atoms with Gasteiger partial charge in [-0.3, -0.25) is 0 Å². The molecule has 1 aromatic carbocycles. The molecule has 0 bridgehead atoms. The van der Waals surface area contributed by atoms with Gasteiger partial charge in [-0.2, -0.15) is 0 Å². The molecule has 1 aliphatic carbocycles. The third-order valence-electron chi connectivity index (χ3n) is 3.82. The van der Waals surface area contributed by atoms with Gasteiger partial charge in [0.2, 0.25) is 0 Å². The molecular formula is C15H20N2O3. The van der Waals surface area contributed by atoms with Crippen molar-refractivity contribution in [2.75, 3.05) is 5.32 Å². The molecule has 5 nitrogen and oxygen atoms in total.